The minimum absolute atomic E-state index is 0.0235. The number of sulfonamides is 1. The molecule has 0 amide bonds. The lowest BCUT2D eigenvalue weighted by atomic mass is 10.0. The van der Waals surface area contributed by atoms with E-state index in [4.69, 9.17) is 0 Å². The maximum absolute atomic E-state index is 11.6. The molecule has 0 radical (unpaired) electrons. The zero-order valence-corrected chi connectivity index (χ0v) is 13.0. The van der Waals surface area contributed by atoms with Gasteiger partial charge >= 0.3 is 0 Å². The number of hydrogen-bond donors (Lipinski definition) is 2. The summed E-state index contributed by atoms with van der Waals surface area (Å²) in [6, 6.07) is 6.74. The molecule has 1 aromatic rings. The predicted molar refractivity (Wildman–Crippen MR) is 78.9 cm³/mol. The van der Waals surface area contributed by atoms with Crippen LogP contribution in [0.1, 0.15) is 13.8 Å². The highest BCUT2D eigenvalue weighted by Crippen LogP contribution is 2.16. The van der Waals surface area contributed by atoms with Crippen molar-refractivity contribution in [1.82, 2.24) is 9.62 Å². The Morgan fingerprint density at radius 3 is 2.11 bits per heavy atom. The summed E-state index contributed by atoms with van der Waals surface area (Å²) in [4.78, 5) is 2.41. The van der Waals surface area contributed by atoms with E-state index in [-0.39, 0.29) is 10.4 Å². The maximum atomic E-state index is 11.6. The number of benzene rings is 1. The molecule has 6 heteroatoms. The predicted octanol–water partition coefficient (Wildman–Crippen LogP) is 1.35. The summed E-state index contributed by atoms with van der Waals surface area (Å²) in [5.74, 6) is 0. The van der Waals surface area contributed by atoms with Gasteiger partial charge in [0.25, 0.3) is 0 Å². The largest absolute Gasteiger partial charge is 0.383 e. The van der Waals surface area contributed by atoms with Crippen molar-refractivity contribution >= 4 is 15.7 Å². The lowest BCUT2D eigenvalue weighted by molar-refractivity contribution is 0.210. The maximum Gasteiger partial charge on any atom is 0.240 e. The Morgan fingerprint density at radius 2 is 1.68 bits per heavy atom. The molecule has 0 spiro atoms. The van der Waals surface area contributed by atoms with Crippen molar-refractivity contribution in [2.45, 2.75) is 24.3 Å². The number of anilines is 1. The van der Waals surface area contributed by atoms with E-state index in [1.807, 2.05) is 14.1 Å². The van der Waals surface area contributed by atoms with Crippen LogP contribution in [0.4, 0.5) is 5.69 Å². The number of hydrogen-bond acceptors (Lipinski definition) is 4. The SMILES string of the molecule is CNS(=O)(=O)c1ccc(NCC(C)(C)N(C)C)cc1. The molecule has 0 unspecified atom stereocenters. The third kappa shape index (κ3) is 4.19. The molecule has 108 valence electrons. The second-order valence-electron chi connectivity index (χ2n) is 5.29. The van der Waals surface area contributed by atoms with Gasteiger partial charge in [0.1, 0.15) is 0 Å². The highest BCUT2D eigenvalue weighted by Gasteiger charge is 2.19. The molecule has 0 bridgehead atoms. The number of rotatable bonds is 6. The highest BCUT2D eigenvalue weighted by molar-refractivity contribution is 7.89. The summed E-state index contributed by atoms with van der Waals surface area (Å²) in [6.07, 6.45) is 0. The first-order chi connectivity index (χ1) is 8.69. The lowest BCUT2D eigenvalue weighted by Crippen LogP contribution is -2.44. The standard InChI is InChI=1S/C13H23N3O2S/c1-13(2,16(4)5)10-15-11-6-8-12(9-7-11)19(17,18)14-3/h6-9,14-15H,10H2,1-5H3. The molecule has 1 aromatic carbocycles. The van der Waals surface area contributed by atoms with Crippen LogP contribution in [0.25, 0.3) is 0 Å². The van der Waals surface area contributed by atoms with Gasteiger partial charge in [0.05, 0.1) is 4.90 Å². The van der Waals surface area contributed by atoms with Crippen molar-refractivity contribution in [1.29, 1.82) is 0 Å². The minimum Gasteiger partial charge on any atom is -0.383 e. The first-order valence-corrected chi connectivity index (χ1v) is 7.62. The van der Waals surface area contributed by atoms with Gasteiger partial charge in [0, 0.05) is 17.8 Å². The van der Waals surface area contributed by atoms with E-state index < -0.39 is 10.0 Å². The fourth-order valence-corrected chi connectivity index (χ4v) is 2.08. The Hall–Kier alpha value is -1.11. The van der Waals surface area contributed by atoms with E-state index >= 15 is 0 Å². The Bertz CT molecular complexity index is 507. The molecule has 0 aromatic heterocycles. The molecule has 0 saturated heterocycles. The average molecular weight is 285 g/mol. The molecule has 0 aliphatic rings. The van der Waals surface area contributed by atoms with Gasteiger partial charge in [0.15, 0.2) is 0 Å². The highest BCUT2D eigenvalue weighted by atomic mass is 32.2. The summed E-state index contributed by atoms with van der Waals surface area (Å²) >= 11 is 0. The van der Waals surface area contributed by atoms with Crippen LogP contribution >= 0.6 is 0 Å². The summed E-state index contributed by atoms with van der Waals surface area (Å²) in [7, 11) is 2.11. The van der Waals surface area contributed by atoms with Crippen LogP contribution in [0.5, 0.6) is 0 Å². The van der Waals surface area contributed by atoms with E-state index in [1.165, 1.54) is 7.05 Å². The topological polar surface area (TPSA) is 61.4 Å². The van der Waals surface area contributed by atoms with Crippen molar-refractivity contribution in [3.05, 3.63) is 24.3 Å². The summed E-state index contributed by atoms with van der Waals surface area (Å²) in [5.41, 5.74) is 0.931. The lowest BCUT2D eigenvalue weighted by Gasteiger charge is -2.33. The zero-order valence-electron chi connectivity index (χ0n) is 12.2. The molecule has 0 heterocycles. The van der Waals surface area contributed by atoms with Crippen molar-refractivity contribution in [2.24, 2.45) is 0 Å². The van der Waals surface area contributed by atoms with Crippen LogP contribution in [0.15, 0.2) is 29.2 Å². The second-order valence-corrected chi connectivity index (χ2v) is 7.18. The van der Waals surface area contributed by atoms with E-state index in [9.17, 15) is 8.42 Å². The van der Waals surface area contributed by atoms with Crippen LogP contribution in [0, 0.1) is 0 Å². The minimum atomic E-state index is -3.36. The van der Waals surface area contributed by atoms with E-state index in [0.717, 1.165) is 12.2 Å². The molecule has 0 atom stereocenters. The van der Waals surface area contributed by atoms with Gasteiger partial charge < -0.3 is 10.2 Å². The van der Waals surface area contributed by atoms with Crippen molar-refractivity contribution in [2.75, 3.05) is 33.0 Å². The molecular weight excluding hydrogens is 262 g/mol. The third-order valence-electron chi connectivity index (χ3n) is 3.37. The van der Waals surface area contributed by atoms with Crippen LogP contribution < -0.4 is 10.0 Å². The van der Waals surface area contributed by atoms with Crippen molar-refractivity contribution < 1.29 is 8.42 Å². The molecular formula is C13H23N3O2S. The molecule has 0 fully saturated rings. The molecule has 2 N–H and O–H groups in total. The van der Waals surface area contributed by atoms with Gasteiger partial charge in [0.2, 0.25) is 10.0 Å². The normalized spacial score (nSPS) is 12.7. The molecule has 5 nitrogen and oxygen atoms in total. The fraction of sp³-hybridized carbons (Fsp3) is 0.538. The van der Waals surface area contributed by atoms with Crippen molar-refractivity contribution in [3.63, 3.8) is 0 Å². The Morgan fingerprint density at radius 1 is 1.16 bits per heavy atom. The van der Waals surface area contributed by atoms with E-state index in [0.29, 0.717) is 0 Å². The summed E-state index contributed by atoms with van der Waals surface area (Å²) in [5, 5.41) is 3.31. The van der Waals surface area contributed by atoms with E-state index in [2.05, 4.69) is 28.8 Å². The molecule has 19 heavy (non-hydrogen) atoms. The Kier molecular flexibility index (Phi) is 4.95. The van der Waals surface area contributed by atoms with Gasteiger partial charge in [-0.2, -0.15) is 0 Å². The van der Waals surface area contributed by atoms with Gasteiger partial charge in [-0.1, -0.05) is 0 Å². The fourth-order valence-electron chi connectivity index (χ4n) is 1.35. The second kappa shape index (κ2) is 5.90. The first-order valence-electron chi connectivity index (χ1n) is 6.14. The van der Waals surface area contributed by atoms with Crippen LogP contribution in [0.3, 0.4) is 0 Å². The van der Waals surface area contributed by atoms with Gasteiger partial charge in [-0.15, -0.1) is 0 Å². The summed E-state index contributed by atoms with van der Waals surface area (Å²) < 4.78 is 25.5. The summed E-state index contributed by atoms with van der Waals surface area (Å²) in [6.45, 7) is 5.05. The number of likely N-dealkylation sites (N-methyl/N-ethyl adjacent to an activating group) is 1. The quantitative estimate of drug-likeness (QED) is 0.828. The molecule has 0 aliphatic heterocycles. The Balaban J connectivity index is 2.74. The monoisotopic (exact) mass is 285 g/mol. The zero-order chi connectivity index (χ0) is 14.7. The van der Waals surface area contributed by atoms with Gasteiger partial charge in [-0.05, 0) is 59.3 Å². The van der Waals surface area contributed by atoms with Gasteiger partial charge in [-0.25, -0.2) is 13.1 Å². The Labute approximate surface area is 116 Å². The van der Waals surface area contributed by atoms with Crippen LogP contribution in [-0.4, -0.2) is 46.5 Å². The van der Waals surface area contributed by atoms with Crippen LogP contribution in [0.2, 0.25) is 0 Å². The third-order valence-corrected chi connectivity index (χ3v) is 4.80. The van der Waals surface area contributed by atoms with E-state index in [1.54, 1.807) is 24.3 Å². The molecule has 1 rings (SSSR count). The van der Waals surface area contributed by atoms with Crippen LogP contribution in [-0.2, 0) is 10.0 Å². The molecule has 0 saturated carbocycles. The number of nitrogens with one attached hydrogen (secondary N) is 2. The van der Waals surface area contributed by atoms with Gasteiger partial charge in [-0.3, -0.25) is 0 Å². The smallest absolute Gasteiger partial charge is 0.240 e. The number of nitrogens with zero attached hydrogens (tertiary/aromatic N) is 1. The first kappa shape index (κ1) is 15.9. The van der Waals surface area contributed by atoms with Crippen molar-refractivity contribution in [3.8, 4) is 0 Å². The average Bonchev–Trinajstić information content (AvgIpc) is 2.37. The molecule has 0 aliphatic carbocycles.